The lowest BCUT2D eigenvalue weighted by Crippen LogP contribution is -2.18. The summed E-state index contributed by atoms with van der Waals surface area (Å²) in [6, 6.07) is 13.0. The molecule has 2 aromatic carbocycles. The molecule has 1 unspecified atom stereocenters. The van der Waals surface area contributed by atoms with Crippen LogP contribution in [0.1, 0.15) is 29.9 Å². The molecule has 0 saturated heterocycles. The number of hydrogen-bond acceptors (Lipinski definition) is 9. The average molecular weight is 474 g/mol. The maximum absolute atomic E-state index is 12.7. The second kappa shape index (κ2) is 9.87. The van der Waals surface area contributed by atoms with Gasteiger partial charge in [-0.1, -0.05) is 12.1 Å². The van der Waals surface area contributed by atoms with Crippen molar-refractivity contribution in [2.75, 3.05) is 12.4 Å². The second-order valence-electron chi connectivity index (χ2n) is 7.35. The first-order valence-electron chi connectivity index (χ1n) is 10.4. The number of nitrogens with two attached hydrogens (primary N) is 1. The molecule has 178 valence electrons. The molecule has 1 atom stereocenters. The quantitative estimate of drug-likeness (QED) is 0.128. The van der Waals surface area contributed by atoms with Crippen molar-refractivity contribution in [3.05, 3.63) is 88.4 Å². The van der Waals surface area contributed by atoms with Gasteiger partial charge in [0.1, 0.15) is 23.4 Å². The topological polar surface area (TPSA) is 174 Å². The number of aromatic nitrogens is 5. The number of anilines is 1. The Morgan fingerprint density at radius 2 is 1.94 bits per heavy atom. The van der Waals surface area contributed by atoms with E-state index in [4.69, 9.17) is 20.6 Å². The average Bonchev–Trinajstić information content (AvgIpc) is 3.23. The lowest BCUT2D eigenvalue weighted by atomic mass is 10.0. The first kappa shape index (κ1) is 23.2. The van der Waals surface area contributed by atoms with Crippen LogP contribution in [0.2, 0.25) is 0 Å². The largest absolute Gasteiger partial charge is 0.497 e. The Morgan fingerprint density at radius 3 is 2.63 bits per heavy atom. The Bertz CT molecular complexity index is 1430. The van der Waals surface area contributed by atoms with Crippen LogP contribution >= 0.6 is 0 Å². The molecule has 0 spiro atoms. The normalized spacial score (nSPS) is 11.5. The minimum Gasteiger partial charge on any atom is -0.497 e. The molecule has 0 bridgehead atoms. The predicted molar refractivity (Wildman–Crippen MR) is 127 cm³/mol. The fourth-order valence-corrected chi connectivity index (χ4v) is 3.38. The van der Waals surface area contributed by atoms with E-state index < -0.39 is 17.7 Å². The van der Waals surface area contributed by atoms with Crippen LogP contribution in [0.4, 0.5) is 5.69 Å². The molecule has 0 aliphatic heterocycles. The minimum atomic E-state index is -0.656. The summed E-state index contributed by atoms with van der Waals surface area (Å²) in [6.45, 7) is 1.26. The van der Waals surface area contributed by atoms with Gasteiger partial charge in [-0.15, -0.1) is 9.78 Å². The summed E-state index contributed by atoms with van der Waals surface area (Å²) in [4.78, 5) is 35.2. The Kier molecular flexibility index (Phi) is 6.53. The van der Waals surface area contributed by atoms with Gasteiger partial charge >= 0.3 is 11.7 Å². The molecule has 0 saturated carbocycles. The van der Waals surface area contributed by atoms with Crippen molar-refractivity contribution < 1.29 is 14.3 Å². The third-order valence-corrected chi connectivity index (χ3v) is 4.91. The van der Waals surface area contributed by atoms with Crippen LogP contribution in [0.15, 0.2) is 65.7 Å². The molecule has 0 aliphatic rings. The Hall–Kier alpha value is -5.00. The molecule has 0 aliphatic carbocycles. The van der Waals surface area contributed by atoms with Crippen molar-refractivity contribution in [1.82, 2.24) is 24.7 Å². The number of hydrogen-bond donors (Lipinski definition) is 4. The number of rotatable bonds is 8. The van der Waals surface area contributed by atoms with E-state index in [-0.39, 0.29) is 28.9 Å². The van der Waals surface area contributed by atoms with Gasteiger partial charge in [-0.3, -0.25) is 15.2 Å². The van der Waals surface area contributed by atoms with Gasteiger partial charge in [-0.25, -0.2) is 14.8 Å². The number of benzene rings is 2. The Morgan fingerprint density at radius 1 is 1.17 bits per heavy atom. The molecule has 35 heavy (non-hydrogen) atoms. The number of carbonyl (C=O) groups excluding carboxylic acids is 1. The van der Waals surface area contributed by atoms with Crippen molar-refractivity contribution >= 4 is 17.5 Å². The summed E-state index contributed by atoms with van der Waals surface area (Å²) in [5.41, 5.74) is 6.61. The highest BCUT2D eigenvalue weighted by Crippen LogP contribution is 2.30. The summed E-state index contributed by atoms with van der Waals surface area (Å²) in [7, 11) is 1.55. The number of esters is 1. The van der Waals surface area contributed by atoms with E-state index in [1.165, 1.54) is 19.3 Å². The third kappa shape index (κ3) is 5.16. The highest BCUT2D eigenvalue weighted by molar-refractivity contribution is 5.98. The van der Waals surface area contributed by atoms with E-state index in [1.54, 1.807) is 49.6 Å². The molecule has 0 amide bonds. The van der Waals surface area contributed by atoms with Gasteiger partial charge in [-0.2, -0.15) is 0 Å². The number of ether oxygens (including phenoxy) is 2. The van der Waals surface area contributed by atoms with Gasteiger partial charge in [0.2, 0.25) is 0 Å². The maximum atomic E-state index is 12.7. The fourth-order valence-electron chi connectivity index (χ4n) is 3.38. The zero-order valence-corrected chi connectivity index (χ0v) is 18.9. The van der Waals surface area contributed by atoms with E-state index in [0.29, 0.717) is 11.4 Å². The second-order valence-corrected chi connectivity index (χ2v) is 7.35. The number of methoxy groups -OCH3 is 1. The zero-order chi connectivity index (χ0) is 24.9. The van der Waals surface area contributed by atoms with Gasteiger partial charge in [-0.05, 0) is 35.9 Å². The number of aromatic amines is 1. The number of carbonyl (C=O) groups is 1. The number of H-pyrrole nitrogens is 1. The number of nitrogen functional groups attached to an aromatic ring is 1. The molecule has 5 N–H and O–H groups in total. The van der Waals surface area contributed by atoms with Gasteiger partial charge in [0.15, 0.2) is 5.82 Å². The van der Waals surface area contributed by atoms with Crippen LogP contribution in [-0.4, -0.2) is 43.6 Å². The van der Waals surface area contributed by atoms with E-state index in [9.17, 15) is 9.59 Å². The van der Waals surface area contributed by atoms with Gasteiger partial charge < -0.3 is 20.5 Å². The van der Waals surface area contributed by atoms with Crippen LogP contribution in [-0.2, 0) is 4.79 Å². The lowest BCUT2D eigenvalue weighted by molar-refractivity contribution is -0.131. The molecule has 0 fully saturated rings. The van der Waals surface area contributed by atoms with E-state index >= 15 is 0 Å². The van der Waals surface area contributed by atoms with Crippen molar-refractivity contribution in [1.29, 1.82) is 5.41 Å². The third-order valence-electron chi connectivity index (χ3n) is 4.91. The van der Waals surface area contributed by atoms with Crippen LogP contribution in [0.3, 0.4) is 0 Å². The van der Waals surface area contributed by atoms with E-state index in [2.05, 4.69) is 25.4 Å². The van der Waals surface area contributed by atoms with Crippen LogP contribution in [0, 0.1) is 5.41 Å². The van der Waals surface area contributed by atoms with Crippen molar-refractivity contribution in [3.8, 4) is 17.4 Å². The fraction of sp³-hybridized carbons (Fsp3) is 0.130. The van der Waals surface area contributed by atoms with Crippen molar-refractivity contribution in [2.24, 2.45) is 5.73 Å². The molecular formula is C23H22N8O4. The van der Waals surface area contributed by atoms with Crippen molar-refractivity contribution in [2.45, 2.75) is 13.0 Å². The highest BCUT2D eigenvalue weighted by atomic mass is 16.5. The molecule has 12 nitrogen and oxygen atoms in total. The number of amidine groups is 1. The van der Waals surface area contributed by atoms with E-state index in [0.717, 1.165) is 10.2 Å². The minimum absolute atomic E-state index is 0.118. The summed E-state index contributed by atoms with van der Waals surface area (Å²) in [6.07, 6.45) is 3.02. The first-order valence-corrected chi connectivity index (χ1v) is 10.4. The number of nitrogens with one attached hydrogen (secondary N) is 3. The summed E-state index contributed by atoms with van der Waals surface area (Å²) >= 11 is 0. The Balaban J connectivity index is 1.79. The summed E-state index contributed by atoms with van der Waals surface area (Å²) < 4.78 is 11.7. The Labute approximate surface area is 199 Å². The molecule has 2 heterocycles. The van der Waals surface area contributed by atoms with Gasteiger partial charge in [0.05, 0.1) is 12.7 Å². The van der Waals surface area contributed by atoms with Crippen LogP contribution in [0.5, 0.6) is 11.5 Å². The maximum Gasteiger partial charge on any atom is 0.350 e. The molecular weight excluding hydrogens is 452 g/mol. The molecule has 0 radical (unpaired) electrons. The van der Waals surface area contributed by atoms with Crippen LogP contribution < -0.4 is 26.2 Å². The number of nitrogens with zero attached hydrogens (tertiary/aromatic N) is 4. The molecule has 4 rings (SSSR count). The lowest BCUT2D eigenvalue weighted by Gasteiger charge is -2.20. The van der Waals surface area contributed by atoms with Crippen LogP contribution in [0.25, 0.3) is 5.95 Å². The predicted octanol–water partition coefficient (Wildman–Crippen LogP) is 1.77. The van der Waals surface area contributed by atoms with Crippen molar-refractivity contribution in [3.63, 3.8) is 0 Å². The van der Waals surface area contributed by atoms with Gasteiger partial charge in [0, 0.05) is 31.1 Å². The standard InChI is InChI=1S/C23H22N8O4/c1-13(32)35-18-12-15(7-8-17(18)20(24)25)28-19(14-5-3-6-16(11-14)34-2)21-29-23(33)31(30-21)22-26-9-4-10-27-22/h3-12,19,28H,1-2H3,(H3,24,25)(H,29,30,33). The summed E-state index contributed by atoms with van der Waals surface area (Å²) in [5, 5.41) is 15.4. The smallest absolute Gasteiger partial charge is 0.350 e. The monoisotopic (exact) mass is 474 g/mol. The molecule has 4 aromatic rings. The highest BCUT2D eigenvalue weighted by Gasteiger charge is 2.22. The van der Waals surface area contributed by atoms with E-state index in [1.807, 2.05) is 6.07 Å². The van der Waals surface area contributed by atoms with Gasteiger partial charge in [0.25, 0.3) is 5.95 Å². The molecule has 2 aromatic heterocycles. The molecule has 12 heteroatoms. The first-order chi connectivity index (χ1) is 16.9. The zero-order valence-electron chi connectivity index (χ0n) is 18.9. The SMILES string of the molecule is COc1cccc(C(Nc2ccc(C(=N)N)c(OC(C)=O)c2)c2nn(-c3ncccn3)c(=O)[nH]2)c1. The summed E-state index contributed by atoms with van der Waals surface area (Å²) in [5.74, 6) is 0.321.